The number of fused-ring (bicyclic) bond motifs is 1. The fourth-order valence-electron chi connectivity index (χ4n) is 2.12. The van der Waals surface area contributed by atoms with Gasteiger partial charge >= 0.3 is 0 Å². The fraction of sp³-hybridized carbons (Fsp3) is 0.0556. The molecule has 22 heavy (non-hydrogen) atoms. The fourth-order valence-corrected chi connectivity index (χ4v) is 2.50. The molecule has 4 heteroatoms. The summed E-state index contributed by atoms with van der Waals surface area (Å²) in [7, 11) is 0. The molecule has 0 atom stereocenters. The summed E-state index contributed by atoms with van der Waals surface area (Å²) in [4.78, 5) is 11.8. The molecule has 2 aromatic carbocycles. The number of furan rings is 1. The van der Waals surface area contributed by atoms with Crippen LogP contribution in [-0.4, -0.2) is 5.91 Å². The van der Waals surface area contributed by atoms with Crippen LogP contribution in [-0.2, 0) is 11.3 Å². The molecule has 0 saturated carbocycles. The molecule has 1 N–H and O–H groups in total. The number of halogens is 1. The summed E-state index contributed by atoms with van der Waals surface area (Å²) >= 11 is 3.42. The first-order valence-electron chi connectivity index (χ1n) is 6.90. The van der Waals surface area contributed by atoms with E-state index in [9.17, 15) is 4.79 Å². The maximum Gasteiger partial charge on any atom is 0.244 e. The van der Waals surface area contributed by atoms with Crippen molar-refractivity contribution in [2.45, 2.75) is 6.54 Å². The van der Waals surface area contributed by atoms with Crippen molar-refractivity contribution in [3.63, 3.8) is 0 Å². The molecular weight excluding hydrogens is 342 g/mol. The third-order valence-electron chi connectivity index (χ3n) is 3.21. The van der Waals surface area contributed by atoms with Crippen LogP contribution >= 0.6 is 15.9 Å². The number of benzene rings is 2. The minimum absolute atomic E-state index is 0.148. The molecule has 0 spiro atoms. The second kappa shape index (κ2) is 6.62. The first-order valence-corrected chi connectivity index (χ1v) is 7.69. The van der Waals surface area contributed by atoms with Crippen molar-refractivity contribution >= 4 is 38.9 Å². The lowest BCUT2D eigenvalue weighted by molar-refractivity contribution is -0.116. The van der Waals surface area contributed by atoms with Crippen LogP contribution in [0.5, 0.6) is 0 Å². The van der Waals surface area contributed by atoms with Crippen molar-refractivity contribution in [3.05, 3.63) is 76.5 Å². The molecule has 0 aliphatic heterocycles. The summed E-state index contributed by atoms with van der Waals surface area (Å²) in [6, 6.07) is 17.5. The lowest BCUT2D eigenvalue weighted by atomic mass is 10.2. The third-order valence-corrected chi connectivity index (χ3v) is 3.70. The molecule has 3 rings (SSSR count). The highest BCUT2D eigenvalue weighted by molar-refractivity contribution is 9.10. The van der Waals surface area contributed by atoms with E-state index in [-0.39, 0.29) is 5.91 Å². The van der Waals surface area contributed by atoms with Gasteiger partial charge < -0.3 is 9.73 Å². The molecule has 110 valence electrons. The van der Waals surface area contributed by atoms with Gasteiger partial charge in [0.25, 0.3) is 0 Å². The van der Waals surface area contributed by atoms with Crippen molar-refractivity contribution in [1.29, 1.82) is 0 Å². The van der Waals surface area contributed by atoms with E-state index in [1.54, 1.807) is 6.08 Å². The van der Waals surface area contributed by atoms with Gasteiger partial charge in [0.2, 0.25) is 5.91 Å². The quantitative estimate of drug-likeness (QED) is 0.698. The number of hydrogen-bond acceptors (Lipinski definition) is 2. The summed E-state index contributed by atoms with van der Waals surface area (Å²) in [5.41, 5.74) is 1.87. The van der Waals surface area contributed by atoms with Crippen LogP contribution in [0.2, 0.25) is 0 Å². The molecule has 0 aliphatic carbocycles. The van der Waals surface area contributed by atoms with Crippen LogP contribution in [0.15, 0.2) is 69.6 Å². The average Bonchev–Trinajstić information content (AvgIpc) is 2.94. The Hall–Kier alpha value is -2.33. The first-order chi connectivity index (χ1) is 10.7. The molecule has 3 nitrogen and oxygen atoms in total. The highest BCUT2D eigenvalue weighted by Gasteiger charge is 2.02. The van der Waals surface area contributed by atoms with Crippen LogP contribution in [0, 0.1) is 0 Å². The van der Waals surface area contributed by atoms with Crippen LogP contribution in [0.1, 0.15) is 11.3 Å². The number of hydrogen-bond donors (Lipinski definition) is 1. The maximum absolute atomic E-state index is 11.8. The predicted octanol–water partition coefficient (Wildman–Crippen LogP) is 4.52. The zero-order valence-corrected chi connectivity index (χ0v) is 13.3. The monoisotopic (exact) mass is 355 g/mol. The second-order valence-electron chi connectivity index (χ2n) is 4.87. The van der Waals surface area contributed by atoms with E-state index in [2.05, 4.69) is 21.2 Å². The van der Waals surface area contributed by atoms with Crippen molar-refractivity contribution in [3.8, 4) is 0 Å². The molecule has 0 unspecified atom stereocenters. The van der Waals surface area contributed by atoms with Crippen molar-refractivity contribution < 1.29 is 9.21 Å². The van der Waals surface area contributed by atoms with Gasteiger partial charge in [-0.3, -0.25) is 4.79 Å². The minimum atomic E-state index is -0.148. The molecule has 0 radical (unpaired) electrons. The molecule has 1 aromatic heterocycles. The normalized spacial score (nSPS) is 11.1. The SMILES string of the molecule is O=C(/C=C/c1cc2cc(Br)ccc2o1)NCc1ccccc1. The van der Waals surface area contributed by atoms with E-state index in [4.69, 9.17) is 4.42 Å². The average molecular weight is 356 g/mol. The Morgan fingerprint density at radius 1 is 1.14 bits per heavy atom. The summed E-state index contributed by atoms with van der Waals surface area (Å²) in [5, 5.41) is 3.84. The Balaban J connectivity index is 1.63. The zero-order chi connectivity index (χ0) is 15.4. The van der Waals surface area contributed by atoms with Crippen LogP contribution in [0.25, 0.3) is 17.0 Å². The standard InChI is InChI=1S/C18H14BrNO2/c19-15-6-8-17-14(10-15)11-16(22-17)7-9-18(21)20-12-13-4-2-1-3-5-13/h1-11H,12H2,(H,20,21)/b9-7+. The number of carbonyl (C=O) groups excluding carboxylic acids is 1. The number of rotatable bonds is 4. The van der Waals surface area contributed by atoms with Crippen molar-refractivity contribution in [1.82, 2.24) is 5.32 Å². The van der Waals surface area contributed by atoms with Gasteiger partial charge in [-0.2, -0.15) is 0 Å². The molecule has 0 bridgehead atoms. The van der Waals surface area contributed by atoms with Crippen molar-refractivity contribution in [2.24, 2.45) is 0 Å². The lowest BCUT2D eigenvalue weighted by Gasteiger charge is -2.01. The highest BCUT2D eigenvalue weighted by atomic mass is 79.9. The van der Waals surface area contributed by atoms with Gasteiger partial charge in [-0.25, -0.2) is 0 Å². The van der Waals surface area contributed by atoms with E-state index in [1.165, 1.54) is 6.08 Å². The molecule has 3 aromatic rings. The molecule has 0 aliphatic rings. The number of amides is 1. The third kappa shape index (κ3) is 3.65. The molecule has 1 heterocycles. The Morgan fingerprint density at radius 3 is 2.77 bits per heavy atom. The van der Waals surface area contributed by atoms with E-state index < -0.39 is 0 Å². The van der Waals surface area contributed by atoms with Crippen LogP contribution < -0.4 is 5.32 Å². The van der Waals surface area contributed by atoms with Crippen LogP contribution in [0.3, 0.4) is 0 Å². The summed E-state index contributed by atoms with van der Waals surface area (Å²) in [6.45, 7) is 0.511. The van der Waals surface area contributed by atoms with E-state index >= 15 is 0 Å². The molecular formula is C18H14BrNO2. The summed E-state index contributed by atoms with van der Waals surface area (Å²) in [5.74, 6) is 0.508. The first kappa shape index (κ1) is 14.6. The number of carbonyl (C=O) groups is 1. The Morgan fingerprint density at radius 2 is 1.95 bits per heavy atom. The van der Waals surface area contributed by atoms with Gasteiger partial charge in [-0.1, -0.05) is 46.3 Å². The minimum Gasteiger partial charge on any atom is -0.457 e. The van der Waals surface area contributed by atoms with Gasteiger partial charge in [0, 0.05) is 22.5 Å². The van der Waals surface area contributed by atoms with E-state index in [1.807, 2.05) is 54.6 Å². The summed E-state index contributed by atoms with van der Waals surface area (Å²) < 4.78 is 6.65. The smallest absolute Gasteiger partial charge is 0.244 e. The second-order valence-corrected chi connectivity index (χ2v) is 5.78. The van der Waals surface area contributed by atoms with Gasteiger partial charge in [0.1, 0.15) is 11.3 Å². The van der Waals surface area contributed by atoms with Gasteiger partial charge in [0.05, 0.1) is 0 Å². The highest BCUT2D eigenvalue weighted by Crippen LogP contribution is 2.23. The van der Waals surface area contributed by atoms with Gasteiger partial charge in [-0.15, -0.1) is 0 Å². The number of nitrogens with one attached hydrogen (secondary N) is 1. The van der Waals surface area contributed by atoms with Crippen LogP contribution in [0.4, 0.5) is 0 Å². The zero-order valence-electron chi connectivity index (χ0n) is 11.8. The molecule has 0 fully saturated rings. The van der Waals surface area contributed by atoms with E-state index in [0.29, 0.717) is 12.3 Å². The maximum atomic E-state index is 11.8. The largest absolute Gasteiger partial charge is 0.457 e. The van der Waals surface area contributed by atoms with Crippen molar-refractivity contribution in [2.75, 3.05) is 0 Å². The Labute approximate surface area is 136 Å². The summed E-state index contributed by atoms with van der Waals surface area (Å²) in [6.07, 6.45) is 3.16. The Kier molecular flexibility index (Phi) is 4.39. The lowest BCUT2D eigenvalue weighted by Crippen LogP contribution is -2.20. The predicted molar refractivity (Wildman–Crippen MR) is 91.2 cm³/mol. The van der Waals surface area contributed by atoms with Gasteiger partial charge in [-0.05, 0) is 35.9 Å². The molecule has 1 amide bonds. The van der Waals surface area contributed by atoms with Gasteiger partial charge in [0.15, 0.2) is 0 Å². The van der Waals surface area contributed by atoms with E-state index in [0.717, 1.165) is 21.0 Å². The molecule has 0 saturated heterocycles. The Bertz CT molecular complexity index is 821. The topological polar surface area (TPSA) is 42.2 Å².